The van der Waals surface area contributed by atoms with Gasteiger partial charge < -0.3 is 15.7 Å². The summed E-state index contributed by atoms with van der Waals surface area (Å²) in [7, 11) is 0. The fourth-order valence-corrected chi connectivity index (χ4v) is 1.12. The third-order valence-corrected chi connectivity index (χ3v) is 2.29. The minimum absolute atomic E-state index is 0.0505. The van der Waals surface area contributed by atoms with E-state index in [2.05, 4.69) is 10.6 Å². The highest BCUT2D eigenvalue weighted by atomic mass is 16.3. The summed E-state index contributed by atoms with van der Waals surface area (Å²) < 4.78 is 0. The first-order chi connectivity index (χ1) is 6.03. The van der Waals surface area contributed by atoms with Crippen molar-refractivity contribution in [2.24, 2.45) is 0 Å². The highest BCUT2D eigenvalue weighted by Crippen LogP contribution is 2.17. The number of aliphatic hydroxyl groups excluding tert-OH is 1. The molecule has 0 heterocycles. The van der Waals surface area contributed by atoms with Gasteiger partial charge >= 0.3 is 6.03 Å². The standard InChI is InChI=1S/C9H18N2O2/c1-9(2,6-12)11-8(13)10-7-4-3-5-7/h7,12H,3-6H2,1-2H3,(H2,10,11,13). The fourth-order valence-electron chi connectivity index (χ4n) is 1.12. The van der Waals surface area contributed by atoms with Gasteiger partial charge in [0.1, 0.15) is 0 Å². The van der Waals surface area contributed by atoms with Crippen LogP contribution in [0.5, 0.6) is 0 Å². The van der Waals surface area contributed by atoms with Crippen molar-refractivity contribution in [3.05, 3.63) is 0 Å². The van der Waals surface area contributed by atoms with Crippen LogP contribution in [0.3, 0.4) is 0 Å². The zero-order valence-electron chi connectivity index (χ0n) is 8.26. The van der Waals surface area contributed by atoms with E-state index in [0.29, 0.717) is 6.04 Å². The van der Waals surface area contributed by atoms with Gasteiger partial charge in [0.05, 0.1) is 12.1 Å². The van der Waals surface area contributed by atoms with E-state index in [1.54, 1.807) is 13.8 Å². The number of amides is 2. The molecule has 4 nitrogen and oxygen atoms in total. The molecule has 0 bridgehead atoms. The van der Waals surface area contributed by atoms with E-state index in [0.717, 1.165) is 12.8 Å². The largest absolute Gasteiger partial charge is 0.394 e. The van der Waals surface area contributed by atoms with Crippen molar-refractivity contribution in [2.75, 3.05) is 6.61 Å². The van der Waals surface area contributed by atoms with Crippen LogP contribution in [0.25, 0.3) is 0 Å². The number of nitrogens with one attached hydrogen (secondary N) is 2. The number of aliphatic hydroxyl groups is 1. The van der Waals surface area contributed by atoms with Crippen molar-refractivity contribution in [3.8, 4) is 0 Å². The molecule has 1 aliphatic rings. The topological polar surface area (TPSA) is 61.4 Å². The maximum absolute atomic E-state index is 11.3. The molecule has 0 radical (unpaired) electrons. The molecule has 13 heavy (non-hydrogen) atoms. The number of carbonyl (C=O) groups is 1. The van der Waals surface area contributed by atoms with Crippen LogP contribution in [0.15, 0.2) is 0 Å². The molecule has 0 saturated heterocycles. The van der Waals surface area contributed by atoms with Crippen LogP contribution in [-0.2, 0) is 0 Å². The van der Waals surface area contributed by atoms with Crippen LogP contribution in [0.4, 0.5) is 4.79 Å². The van der Waals surface area contributed by atoms with E-state index in [1.807, 2.05) is 0 Å². The van der Waals surface area contributed by atoms with E-state index < -0.39 is 5.54 Å². The van der Waals surface area contributed by atoms with Crippen LogP contribution >= 0.6 is 0 Å². The number of rotatable bonds is 3. The highest BCUT2D eigenvalue weighted by Gasteiger charge is 2.23. The Labute approximate surface area is 78.7 Å². The number of carbonyl (C=O) groups excluding carboxylic acids is 1. The lowest BCUT2D eigenvalue weighted by molar-refractivity contribution is 0.177. The number of hydrogen-bond donors (Lipinski definition) is 3. The average molecular weight is 186 g/mol. The summed E-state index contributed by atoms with van der Waals surface area (Å²) in [6, 6.07) is 0.165. The second-order valence-electron chi connectivity index (χ2n) is 4.27. The van der Waals surface area contributed by atoms with E-state index in [4.69, 9.17) is 5.11 Å². The molecule has 0 aromatic rings. The third kappa shape index (κ3) is 3.22. The van der Waals surface area contributed by atoms with Gasteiger partial charge in [0.15, 0.2) is 0 Å². The summed E-state index contributed by atoms with van der Waals surface area (Å²) in [5.74, 6) is 0. The molecule has 0 aromatic heterocycles. The molecule has 1 aliphatic carbocycles. The maximum atomic E-state index is 11.3. The quantitative estimate of drug-likeness (QED) is 0.604. The minimum Gasteiger partial charge on any atom is -0.394 e. The summed E-state index contributed by atoms with van der Waals surface area (Å²) in [6.45, 7) is 3.52. The Bertz CT molecular complexity index is 188. The SMILES string of the molecule is CC(C)(CO)NC(=O)NC1CCC1. The predicted octanol–water partition coefficient (Wildman–Crippen LogP) is 0.609. The molecule has 4 heteroatoms. The van der Waals surface area contributed by atoms with Crippen LogP contribution < -0.4 is 10.6 Å². The van der Waals surface area contributed by atoms with Crippen molar-refractivity contribution in [1.82, 2.24) is 10.6 Å². The Morgan fingerprint density at radius 2 is 2.15 bits per heavy atom. The second-order valence-corrected chi connectivity index (χ2v) is 4.27. The molecule has 0 aliphatic heterocycles. The van der Waals surface area contributed by atoms with Gasteiger partial charge in [-0.2, -0.15) is 0 Å². The molecular weight excluding hydrogens is 168 g/mol. The number of urea groups is 1. The molecule has 1 rings (SSSR count). The summed E-state index contributed by atoms with van der Waals surface area (Å²) >= 11 is 0. The molecule has 0 unspecified atom stereocenters. The zero-order chi connectivity index (χ0) is 9.90. The molecule has 1 saturated carbocycles. The smallest absolute Gasteiger partial charge is 0.315 e. The third-order valence-electron chi connectivity index (χ3n) is 2.29. The normalized spacial score (nSPS) is 17.8. The maximum Gasteiger partial charge on any atom is 0.315 e. The van der Waals surface area contributed by atoms with Gasteiger partial charge in [-0.25, -0.2) is 4.79 Å². The van der Waals surface area contributed by atoms with Crippen molar-refractivity contribution < 1.29 is 9.90 Å². The van der Waals surface area contributed by atoms with Gasteiger partial charge in [-0.15, -0.1) is 0 Å². The first-order valence-corrected chi connectivity index (χ1v) is 4.73. The molecule has 0 aromatic carbocycles. The molecule has 3 N–H and O–H groups in total. The highest BCUT2D eigenvalue weighted by molar-refractivity contribution is 5.75. The van der Waals surface area contributed by atoms with Gasteiger partial charge in [-0.05, 0) is 33.1 Å². The van der Waals surface area contributed by atoms with Crippen molar-refractivity contribution >= 4 is 6.03 Å². The van der Waals surface area contributed by atoms with Crippen molar-refractivity contribution in [2.45, 2.75) is 44.7 Å². The zero-order valence-corrected chi connectivity index (χ0v) is 8.26. The lowest BCUT2D eigenvalue weighted by Gasteiger charge is -2.29. The summed E-state index contributed by atoms with van der Waals surface area (Å²) in [4.78, 5) is 11.3. The van der Waals surface area contributed by atoms with E-state index >= 15 is 0 Å². The van der Waals surface area contributed by atoms with Crippen LogP contribution in [0.2, 0.25) is 0 Å². The summed E-state index contributed by atoms with van der Waals surface area (Å²) in [6.07, 6.45) is 3.36. The van der Waals surface area contributed by atoms with Crippen molar-refractivity contribution in [1.29, 1.82) is 0 Å². The Morgan fingerprint density at radius 1 is 1.54 bits per heavy atom. The van der Waals surface area contributed by atoms with Gasteiger partial charge in [0, 0.05) is 6.04 Å². The van der Waals surface area contributed by atoms with E-state index in [9.17, 15) is 4.79 Å². The van der Waals surface area contributed by atoms with Gasteiger partial charge in [0.2, 0.25) is 0 Å². The molecule has 2 amide bonds. The second kappa shape index (κ2) is 3.96. The average Bonchev–Trinajstić information content (AvgIpc) is 1.96. The summed E-state index contributed by atoms with van der Waals surface area (Å²) in [5.41, 5.74) is -0.534. The van der Waals surface area contributed by atoms with Gasteiger partial charge in [-0.1, -0.05) is 0 Å². The van der Waals surface area contributed by atoms with Gasteiger partial charge in [0.25, 0.3) is 0 Å². The molecular formula is C9H18N2O2. The van der Waals surface area contributed by atoms with Crippen LogP contribution in [0.1, 0.15) is 33.1 Å². The van der Waals surface area contributed by atoms with E-state index in [1.165, 1.54) is 6.42 Å². The van der Waals surface area contributed by atoms with E-state index in [-0.39, 0.29) is 12.6 Å². The summed E-state index contributed by atoms with van der Waals surface area (Å²) in [5, 5.41) is 14.5. The molecule has 0 spiro atoms. The minimum atomic E-state index is -0.534. The Morgan fingerprint density at radius 3 is 2.54 bits per heavy atom. The number of hydrogen-bond acceptors (Lipinski definition) is 2. The Balaban J connectivity index is 2.23. The predicted molar refractivity (Wildman–Crippen MR) is 50.5 cm³/mol. The monoisotopic (exact) mass is 186 g/mol. The van der Waals surface area contributed by atoms with Crippen LogP contribution in [0, 0.1) is 0 Å². The lowest BCUT2D eigenvalue weighted by atomic mass is 9.93. The van der Waals surface area contributed by atoms with Gasteiger partial charge in [-0.3, -0.25) is 0 Å². The van der Waals surface area contributed by atoms with Crippen LogP contribution in [-0.4, -0.2) is 29.3 Å². The Kier molecular flexibility index (Phi) is 3.14. The molecule has 1 fully saturated rings. The lowest BCUT2D eigenvalue weighted by Crippen LogP contribution is -2.53. The molecule has 76 valence electrons. The Hall–Kier alpha value is -0.770. The molecule has 0 atom stereocenters. The fraction of sp³-hybridized carbons (Fsp3) is 0.889. The first kappa shape index (κ1) is 10.3. The first-order valence-electron chi connectivity index (χ1n) is 4.73. The van der Waals surface area contributed by atoms with Crippen molar-refractivity contribution in [3.63, 3.8) is 0 Å².